The molecular weight excluding hydrogens is 164 g/mol. The first-order valence-corrected chi connectivity index (χ1v) is 4.96. The molecule has 0 aromatic carbocycles. The minimum Gasteiger partial charge on any atom is -0.380 e. The number of nitrogens with zero attached hydrogens (tertiary/aromatic N) is 2. The molecule has 1 heterocycles. The van der Waals surface area contributed by atoms with E-state index >= 15 is 0 Å². The van der Waals surface area contributed by atoms with Gasteiger partial charge in [0.1, 0.15) is 0 Å². The van der Waals surface area contributed by atoms with Crippen LogP contribution in [0, 0.1) is 11.3 Å². The Bertz CT molecular complexity index is 180. The summed E-state index contributed by atoms with van der Waals surface area (Å²) >= 11 is 0. The van der Waals surface area contributed by atoms with Crippen molar-refractivity contribution in [1.82, 2.24) is 4.90 Å². The Morgan fingerprint density at radius 2 is 2.38 bits per heavy atom. The molecule has 0 radical (unpaired) electrons. The molecule has 3 heteroatoms. The van der Waals surface area contributed by atoms with Gasteiger partial charge in [0.05, 0.1) is 12.7 Å². The molecule has 1 atom stereocenters. The standard InChI is InChI=1S/C10H18N2O/c1-9(2)12(6-3-5-11)10-4-7-13-8-10/h9-10H,3-4,6-8H2,1-2H3. The lowest BCUT2D eigenvalue weighted by Crippen LogP contribution is -2.41. The Labute approximate surface area is 80.3 Å². The summed E-state index contributed by atoms with van der Waals surface area (Å²) in [5.41, 5.74) is 0. The van der Waals surface area contributed by atoms with Crippen molar-refractivity contribution >= 4 is 0 Å². The van der Waals surface area contributed by atoms with Gasteiger partial charge in [0.15, 0.2) is 0 Å². The van der Waals surface area contributed by atoms with Gasteiger partial charge in [-0.25, -0.2) is 0 Å². The number of rotatable bonds is 4. The predicted octanol–water partition coefficient (Wildman–Crippen LogP) is 1.40. The third kappa shape index (κ3) is 2.98. The Balaban J connectivity index is 2.41. The van der Waals surface area contributed by atoms with Crippen LogP contribution in [0.25, 0.3) is 0 Å². The topological polar surface area (TPSA) is 36.3 Å². The highest BCUT2D eigenvalue weighted by Crippen LogP contribution is 2.15. The highest BCUT2D eigenvalue weighted by Gasteiger charge is 2.24. The fraction of sp³-hybridized carbons (Fsp3) is 0.900. The summed E-state index contributed by atoms with van der Waals surface area (Å²) in [7, 11) is 0. The van der Waals surface area contributed by atoms with Crippen LogP contribution in [0.4, 0.5) is 0 Å². The first kappa shape index (κ1) is 10.5. The van der Waals surface area contributed by atoms with Crippen molar-refractivity contribution in [3.05, 3.63) is 0 Å². The van der Waals surface area contributed by atoms with Crippen LogP contribution < -0.4 is 0 Å². The van der Waals surface area contributed by atoms with E-state index in [9.17, 15) is 0 Å². The van der Waals surface area contributed by atoms with E-state index in [-0.39, 0.29) is 0 Å². The summed E-state index contributed by atoms with van der Waals surface area (Å²) in [6.07, 6.45) is 1.73. The minimum atomic E-state index is 0.514. The fourth-order valence-electron chi connectivity index (χ4n) is 1.83. The fourth-order valence-corrected chi connectivity index (χ4v) is 1.83. The van der Waals surface area contributed by atoms with Crippen molar-refractivity contribution in [2.75, 3.05) is 19.8 Å². The van der Waals surface area contributed by atoms with E-state index in [1.807, 2.05) is 0 Å². The highest BCUT2D eigenvalue weighted by atomic mass is 16.5. The predicted molar refractivity (Wildman–Crippen MR) is 51.3 cm³/mol. The van der Waals surface area contributed by atoms with Gasteiger partial charge >= 0.3 is 0 Å². The number of hydrogen-bond donors (Lipinski definition) is 0. The molecule has 1 rings (SSSR count). The highest BCUT2D eigenvalue weighted by molar-refractivity contribution is 4.81. The third-order valence-electron chi connectivity index (χ3n) is 2.52. The van der Waals surface area contributed by atoms with Crippen molar-refractivity contribution in [2.24, 2.45) is 0 Å². The molecule has 0 bridgehead atoms. The zero-order valence-electron chi connectivity index (χ0n) is 8.49. The summed E-state index contributed by atoms with van der Waals surface area (Å²) in [6.45, 7) is 6.94. The van der Waals surface area contributed by atoms with Crippen molar-refractivity contribution in [3.63, 3.8) is 0 Å². The Hall–Kier alpha value is -0.590. The molecule has 0 aromatic rings. The average Bonchev–Trinajstić information content (AvgIpc) is 2.57. The molecule has 0 saturated carbocycles. The molecule has 1 saturated heterocycles. The van der Waals surface area contributed by atoms with Crippen LogP contribution in [0.3, 0.4) is 0 Å². The SMILES string of the molecule is CC(C)N(CCC#N)C1CCOC1. The molecule has 13 heavy (non-hydrogen) atoms. The van der Waals surface area contributed by atoms with Crippen molar-refractivity contribution < 1.29 is 4.74 Å². The van der Waals surface area contributed by atoms with Crippen LogP contribution in [0.1, 0.15) is 26.7 Å². The smallest absolute Gasteiger partial charge is 0.0635 e. The molecule has 1 fully saturated rings. The van der Waals surface area contributed by atoms with Crippen molar-refractivity contribution in [2.45, 2.75) is 38.8 Å². The molecule has 1 aliphatic heterocycles. The van der Waals surface area contributed by atoms with Gasteiger partial charge in [0, 0.05) is 31.7 Å². The van der Waals surface area contributed by atoms with E-state index in [1.165, 1.54) is 0 Å². The minimum absolute atomic E-state index is 0.514. The summed E-state index contributed by atoms with van der Waals surface area (Å²) < 4.78 is 5.34. The second-order valence-electron chi connectivity index (χ2n) is 3.76. The van der Waals surface area contributed by atoms with Crippen LogP contribution in [-0.4, -0.2) is 36.7 Å². The van der Waals surface area contributed by atoms with Crippen LogP contribution >= 0.6 is 0 Å². The molecule has 0 N–H and O–H groups in total. The Morgan fingerprint density at radius 1 is 1.62 bits per heavy atom. The normalized spacial score (nSPS) is 22.5. The summed E-state index contributed by atoms with van der Waals surface area (Å²) in [6, 6.07) is 3.24. The van der Waals surface area contributed by atoms with Gasteiger partial charge in [-0.2, -0.15) is 5.26 Å². The molecule has 0 spiro atoms. The maximum atomic E-state index is 8.53. The van der Waals surface area contributed by atoms with Gasteiger partial charge < -0.3 is 4.74 Å². The molecule has 74 valence electrons. The second-order valence-corrected chi connectivity index (χ2v) is 3.76. The van der Waals surface area contributed by atoms with E-state index in [0.717, 1.165) is 26.2 Å². The molecule has 1 aliphatic rings. The van der Waals surface area contributed by atoms with Crippen LogP contribution in [0.5, 0.6) is 0 Å². The molecule has 1 unspecified atom stereocenters. The lowest BCUT2D eigenvalue weighted by Gasteiger charge is -2.30. The van der Waals surface area contributed by atoms with E-state index in [0.29, 0.717) is 18.5 Å². The summed E-state index contributed by atoms with van der Waals surface area (Å²) in [5.74, 6) is 0. The molecule has 0 aliphatic carbocycles. The zero-order valence-corrected chi connectivity index (χ0v) is 8.49. The first-order valence-electron chi connectivity index (χ1n) is 4.96. The Morgan fingerprint density at radius 3 is 2.85 bits per heavy atom. The van der Waals surface area contributed by atoms with E-state index in [1.54, 1.807) is 0 Å². The quantitative estimate of drug-likeness (QED) is 0.659. The van der Waals surface area contributed by atoms with Gasteiger partial charge in [0.25, 0.3) is 0 Å². The van der Waals surface area contributed by atoms with Gasteiger partial charge in [-0.3, -0.25) is 4.90 Å². The molecule has 0 aromatic heterocycles. The van der Waals surface area contributed by atoms with E-state index in [4.69, 9.17) is 10.00 Å². The van der Waals surface area contributed by atoms with Crippen LogP contribution in [0.15, 0.2) is 0 Å². The third-order valence-corrected chi connectivity index (χ3v) is 2.52. The average molecular weight is 182 g/mol. The number of nitriles is 1. The number of ether oxygens (including phenoxy) is 1. The van der Waals surface area contributed by atoms with Crippen molar-refractivity contribution in [1.29, 1.82) is 5.26 Å². The van der Waals surface area contributed by atoms with Gasteiger partial charge in [-0.15, -0.1) is 0 Å². The molecule has 3 nitrogen and oxygen atoms in total. The van der Waals surface area contributed by atoms with E-state index < -0.39 is 0 Å². The Kier molecular flexibility index (Phi) is 4.20. The lowest BCUT2D eigenvalue weighted by molar-refractivity contribution is 0.123. The zero-order chi connectivity index (χ0) is 9.68. The monoisotopic (exact) mass is 182 g/mol. The second kappa shape index (κ2) is 5.21. The van der Waals surface area contributed by atoms with E-state index in [2.05, 4.69) is 24.8 Å². The van der Waals surface area contributed by atoms with Crippen LogP contribution in [0.2, 0.25) is 0 Å². The van der Waals surface area contributed by atoms with Crippen molar-refractivity contribution in [3.8, 4) is 6.07 Å². The summed E-state index contributed by atoms with van der Waals surface area (Å²) in [4.78, 5) is 2.37. The lowest BCUT2D eigenvalue weighted by atomic mass is 10.1. The largest absolute Gasteiger partial charge is 0.380 e. The first-order chi connectivity index (χ1) is 6.25. The van der Waals surface area contributed by atoms with Gasteiger partial charge in [0.2, 0.25) is 0 Å². The maximum absolute atomic E-state index is 8.53. The summed E-state index contributed by atoms with van der Waals surface area (Å²) in [5, 5.41) is 8.53. The number of hydrogen-bond acceptors (Lipinski definition) is 3. The molecule has 0 amide bonds. The van der Waals surface area contributed by atoms with Gasteiger partial charge in [-0.05, 0) is 20.3 Å². The molecular formula is C10H18N2O. The van der Waals surface area contributed by atoms with Gasteiger partial charge in [-0.1, -0.05) is 0 Å². The van der Waals surface area contributed by atoms with Crippen LogP contribution in [-0.2, 0) is 4.74 Å². The maximum Gasteiger partial charge on any atom is 0.0635 e.